The van der Waals surface area contributed by atoms with E-state index in [4.69, 9.17) is 23.2 Å². The van der Waals surface area contributed by atoms with Gasteiger partial charge in [0.15, 0.2) is 5.82 Å². The number of imidazole rings is 1. The molecule has 0 saturated carbocycles. The zero-order valence-electron chi connectivity index (χ0n) is 15.9. The first-order valence-electron chi connectivity index (χ1n) is 9.13. The van der Waals surface area contributed by atoms with Crippen molar-refractivity contribution in [3.63, 3.8) is 0 Å². The Labute approximate surface area is 187 Å². The molecule has 0 radical (unpaired) electrons. The Morgan fingerprint density at radius 1 is 0.871 bits per heavy atom. The Balaban J connectivity index is 1.48. The number of carbonyl (C=O) groups excluding carboxylic acids is 2. The molecule has 0 aliphatic rings. The third-order valence-corrected chi connectivity index (χ3v) is 4.88. The van der Waals surface area contributed by atoms with Gasteiger partial charge in [-0.3, -0.25) is 14.6 Å². The standard InChI is InChI=1S/C22H15Cl2N5O2/c23-14-3-1-2-13(10-14)21(30)28-15-4-6-18(24)17(11-15)22(31)29-16-5-7-19(27-12-16)20-25-8-9-26-20/h1-12H,(H,25,26)(H,28,30)(H,29,31). The molecule has 4 rings (SSSR count). The summed E-state index contributed by atoms with van der Waals surface area (Å²) in [5.41, 5.74) is 2.17. The fraction of sp³-hybridized carbons (Fsp3) is 0. The number of aromatic nitrogens is 3. The monoisotopic (exact) mass is 451 g/mol. The van der Waals surface area contributed by atoms with E-state index in [0.717, 1.165) is 0 Å². The molecule has 0 aliphatic carbocycles. The van der Waals surface area contributed by atoms with Crippen molar-refractivity contribution in [1.29, 1.82) is 0 Å². The summed E-state index contributed by atoms with van der Waals surface area (Å²) >= 11 is 12.1. The van der Waals surface area contributed by atoms with E-state index in [2.05, 4.69) is 25.6 Å². The van der Waals surface area contributed by atoms with Gasteiger partial charge in [-0.05, 0) is 48.5 Å². The SMILES string of the molecule is O=C(Nc1ccc(Cl)c(C(=O)Nc2ccc(-c3ncc[nH]3)nc2)c1)c1cccc(Cl)c1. The van der Waals surface area contributed by atoms with Crippen LogP contribution in [0.1, 0.15) is 20.7 Å². The molecule has 2 aromatic heterocycles. The molecule has 0 fully saturated rings. The van der Waals surface area contributed by atoms with E-state index in [1.54, 1.807) is 60.9 Å². The van der Waals surface area contributed by atoms with Gasteiger partial charge in [0.25, 0.3) is 11.8 Å². The summed E-state index contributed by atoms with van der Waals surface area (Å²) in [4.78, 5) is 36.5. The normalized spacial score (nSPS) is 10.5. The maximum Gasteiger partial charge on any atom is 0.257 e. The first kappa shape index (κ1) is 20.6. The molecule has 0 saturated heterocycles. The number of halogens is 2. The van der Waals surface area contributed by atoms with E-state index >= 15 is 0 Å². The van der Waals surface area contributed by atoms with Gasteiger partial charge in [0.05, 0.1) is 22.5 Å². The fourth-order valence-corrected chi connectivity index (χ4v) is 3.22. The predicted molar refractivity (Wildman–Crippen MR) is 121 cm³/mol. The van der Waals surface area contributed by atoms with Gasteiger partial charge in [0, 0.05) is 28.7 Å². The topological polar surface area (TPSA) is 99.8 Å². The second kappa shape index (κ2) is 8.99. The average Bonchev–Trinajstić information content (AvgIpc) is 3.30. The van der Waals surface area contributed by atoms with E-state index in [1.807, 2.05) is 0 Å². The zero-order valence-corrected chi connectivity index (χ0v) is 17.4. The number of nitrogens with one attached hydrogen (secondary N) is 3. The predicted octanol–water partition coefficient (Wildman–Crippen LogP) is 5.28. The second-order valence-electron chi connectivity index (χ2n) is 6.48. The molecule has 0 bridgehead atoms. The van der Waals surface area contributed by atoms with Gasteiger partial charge in [0.2, 0.25) is 0 Å². The number of hydrogen-bond donors (Lipinski definition) is 3. The molecule has 154 valence electrons. The molecular weight excluding hydrogens is 437 g/mol. The number of aromatic amines is 1. The van der Waals surface area contributed by atoms with Crippen molar-refractivity contribution >= 4 is 46.4 Å². The first-order valence-corrected chi connectivity index (χ1v) is 9.89. The van der Waals surface area contributed by atoms with Gasteiger partial charge in [-0.2, -0.15) is 0 Å². The lowest BCUT2D eigenvalue weighted by Gasteiger charge is -2.10. The van der Waals surface area contributed by atoms with E-state index in [-0.39, 0.29) is 16.5 Å². The fourth-order valence-electron chi connectivity index (χ4n) is 2.82. The number of carbonyl (C=O) groups is 2. The summed E-state index contributed by atoms with van der Waals surface area (Å²) in [5.74, 6) is -0.158. The minimum absolute atomic E-state index is 0.209. The highest BCUT2D eigenvalue weighted by atomic mass is 35.5. The highest BCUT2D eigenvalue weighted by molar-refractivity contribution is 6.34. The van der Waals surface area contributed by atoms with E-state index in [9.17, 15) is 9.59 Å². The number of benzene rings is 2. The summed E-state index contributed by atoms with van der Waals surface area (Å²) < 4.78 is 0. The largest absolute Gasteiger partial charge is 0.343 e. The Morgan fingerprint density at radius 3 is 2.39 bits per heavy atom. The third-order valence-electron chi connectivity index (χ3n) is 4.32. The molecule has 2 aromatic carbocycles. The molecule has 31 heavy (non-hydrogen) atoms. The summed E-state index contributed by atoms with van der Waals surface area (Å²) in [6.45, 7) is 0. The van der Waals surface area contributed by atoms with Crippen LogP contribution in [0, 0.1) is 0 Å². The average molecular weight is 452 g/mol. The van der Waals surface area contributed by atoms with Crippen LogP contribution in [0.15, 0.2) is 73.2 Å². The molecule has 0 aliphatic heterocycles. The zero-order chi connectivity index (χ0) is 21.8. The van der Waals surface area contributed by atoms with Gasteiger partial charge >= 0.3 is 0 Å². The van der Waals surface area contributed by atoms with Crippen molar-refractivity contribution in [2.24, 2.45) is 0 Å². The molecule has 9 heteroatoms. The first-order chi connectivity index (χ1) is 15.0. The summed E-state index contributed by atoms with van der Waals surface area (Å²) in [5, 5.41) is 6.18. The molecule has 0 unspecified atom stereocenters. The van der Waals surface area contributed by atoms with Crippen LogP contribution in [0.25, 0.3) is 11.5 Å². The number of amides is 2. The van der Waals surface area contributed by atoms with Crippen molar-refractivity contribution < 1.29 is 9.59 Å². The highest BCUT2D eigenvalue weighted by Gasteiger charge is 2.14. The lowest BCUT2D eigenvalue weighted by atomic mass is 10.1. The smallest absolute Gasteiger partial charge is 0.257 e. The summed E-state index contributed by atoms with van der Waals surface area (Å²) in [6.07, 6.45) is 4.86. The molecule has 3 N–H and O–H groups in total. The number of H-pyrrole nitrogens is 1. The van der Waals surface area contributed by atoms with Crippen molar-refractivity contribution in [1.82, 2.24) is 15.0 Å². The Bertz CT molecular complexity index is 1240. The lowest BCUT2D eigenvalue weighted by Crippen LogP contribution is -2.15. The summed E-state index contributed by atoms with van der Waals surface area (Å²) in [6, 6.07) is 14.7. The maximum absolute atomic E-state index is 12.7. The van der Waals surface area contributed by atoms with Crippen LogP contribution in [0.3, 0.4) is 0 Å². The Hall–Kier alpha value is -3.68. The van der Waals surface area contributed by atoms with Gasteiger partial charge in [0.1, 0.15) is 5.69 Å². The quantitative estimate of drug-likeness (QED) is 0.384. The molecular formula is C22H15Cl2N5O2. The Kier molecular flexibility index (Phi) is 5.97. The van der Waals surface area contributed by atoms with Crippen LogP contribution in [0.5, 0.6) is 0 Å². The maximum atomic E-state index is 12.7. The second-order valence-corrected chi connectivity index (χ2v) is 7.33. The van der Waals surface area contributed by atoms with E-state index in [0.29, 0.717) is 33.5 Å². The van der Waals surface area contributed by atoms with Crippen molar-refractivity contribution in [3.8, 4) is 11.5 Å². The highest BCUT2D eigenvalue weighted by Crippen LogP contribution is 2.23. The number of anilines is 2. The number of hydrogen-bond acceptors (Lipinski definition) is 4. The minimum atomic E-state index is -0.434. The van der Waals surface area contributed by atoms with Gasteiger partial charge in [-0.1, -0.05) is 29.3 Å². The van der Waals surface area contributed by atoms with Crippen LogP contribution in [0.2, 0.25) is 10.0 Å². The van der Waals surface area contributed by atoms with Gasteiger partial charge in [-0.25, -0.2) is 4.98 Å². The molecule has 4 aromatic rings. The molecule has 0 atom stereocenters. The van der Waals surface area contributed by atoms with Crippen molar-refractivity contribution in [3.05, 3.63) is 94.4 Å². The van der Waals surface area contributed by atoms with Gasteiger partial charge in [-0.15, -0.1) is 0 Å². The van der Waals surface area contributed by atoms with Crippen LogP contribution in [0.4, 0.5) is 11.4 Å². The summed E-state index contributed by atoms with van der Waals surface area (Å²) in [7, 11) is 0. The number of pyridine rings is 1. The molecule has 7 nitrogen and oxygen atoms in total. The lowest BCUT2D eigenvalue weighted by molar-refractivity contribution is 0.101. The van der Waals surface area contributed by atoms with Crippen LogP contribution < -0.4 is 10.6 Å². The molecule has 2 heterocycles. The molecule has 2 amide bonds. The van der Waals surface area contributed by atoms with Crippen LogP contribution in [-0.4, -0.2) is 26.8 Å². The van der Waals surface area contributed by atoms with Crippen LogP contribution in [-0.2, 0) is 0 Å². The minimum Gasteiger partial charge on any atom is -0.343 e. The van der Waals surface area contributed by atoms with Crippen molar-refractivity contribution in [2.45, 2.75) is 0 Å². The van der Waals surface area contributed by atoms with E-state index in [1.165, 1.54) is 12.3 Å². The molecule has 0 spiro atoms. The Morgan fingerprint density at radius 2 is 1.68 bits per heavy atom. The third kappa shape index (κ3) is 4.91. The van der Waals surface area contributed by atoms with E-state index < -0.39 is 5.91 Å². The van der Waals surface area contributed by atoms with Crippen LogP contribution >= 0.6 is 23.2 Å². The number of rotatable bonds is 5. The van der Waals surface area contributed by atoms with Crippen molar-refractivity contribution in [2.75, 3.05) is 10.6 Å². The number of nitrogens with zero attached hydrogens (tertiary/aromatic N) is 2. The van der Waals surface area contributed by atoms with Gasteiger partial charge < -0.3 is 15.6 Å².